The number of benzene rings is 10. The number of hydrogen-bond acceptors (Lipinski definition) is 3. The lowest BCUT2D eigenvalue weighted by atomic mass is 10.0. The molecule has 0 saturated carbocycles. The van der Waals surface area contributed by atoms with Gasteiger partial charge in [-0.3, -0.25) is 0 Å². The molecular weight excluding hydrogens is 771 g/mol. The van der Waals surface area contributed by atoms with Crippen LogP contribution in [-0.4, -0.2) is 4.57 Å². The minimum atomic E-state index is 1.07. The topological polar surface area (TPSA) is 11.4 Å². The molecule has 3 nitrogen and oxygen atoms in total. The fraction of sp³-hybridized carbons (Fsp3) is 0. The largest absolute Gasteiger partial charge is 0.310 e. The molecule has 10 aromatic carbocycles. The summed E-state index contributed by atoms with van der Waals surface area (Å²) < 4.78 is 4.99. The summed E-state index contributed by atoms with van der Waals surface area (Å²) in [6, 6.07) is 86.0. The summed E-state index contributed by atoms with van der Waals surface area (Å²) in [4.78, 5) is 4.78. The molecular formula is C58H39N3S. The summed E-state index contributed by atoms with van der Waals surface area (Å²) in [7, 11) is 0. The Morgan fingerprint density at radius 2 is 0.790 bits per heavy atom. The summed E-state index contributed by atoms with van der Waals surface area (Å²) >= 11 is 1.85. The molecule has 2 heterocycles. The number of anilines is 6. The third-order valence-corrected chi connectivity index (χ3v) is 13.3. The van der Waals surface area contributed by atoms with Crippen molar-refractivity contribution in [1.82, 2.24) is 4.57 Å². The van der Waals surface area contributed by atoms with E-state index in [1.165, 1.54) is 63.9 Å². The summed E-state index contributed by atoms with van der Waals surface area (Å²) in [5.74, 6) is 0. The Morgan fingerprint density at radius 3 is 1.56 bits per heavy atom. The fourth-order valence-corrected chi connectivity index (χ4v) is 10.3. The monoisotopic (exact) mass is 809 g/mol. The zero-order valence-corrected chi connectivity index (χ0v) is 34.6. The molecule has 4 heteroatoms. The first-order valence-corrected chi connectivity index (χ1v) is 21.9. The molecule has 2 aromatic heterocycles. The molecule has 292 valence electrons. The van der Waals surface area contributed by atoms with E-state index in [1.54, 1.807) is 0 Å². The quantitative estimate of drug-likeness (QED) is 0.151. The van der Waals surface area contributed by atoms with Gasteiger partial charge in [0.15, 0.2) is 0 Å². The summed E-state index contributed by atoms with van der Waals surface area (Å²) in [5.41, 5.74) is 12.5. The van der Waals surface area contributed by atoms with Crippen molar-refractivity contribution < 1.29 is 0 Å². The van der Waals surface area contributed by atoms with Crippen LogP contribution in [0.25, 0.3) is 69.6 Å². The van der Waals surface area contributed by atoms with Crippen molar-refractivity contribution in [2.75, 3.05) is 9.80 Å². The van der Waals surface area contributed by atoms with Crippen LogP contribution in [0.15, 0.2) is 237 Å². The van der Waals surface area contributed by atoms with Crippen LogP contribution in [-0.2, 0) is 0 Å². The highest BCUT2D eigenvalue weighted by Crippen LogP contribution is 2.44. The van der Waals surface area contributed by atoms with Crippen LogP contribution in [0.3, 0.4) is 0 Å². The normalized spacial score (nSPS) is 11.5. The third-order valence-electron chi connectivity index (χ3n) is 12.1. The number of nitrogens with zero attached hydrogens (tertiary/aromatic N) is 3. The Bertz CT molecular complexity index is 3570. The van der Waals surface area contributed by atoms with Gasteiger partial charge < -0.3 is 14.4 Å². The molecule has 0 bridgehead atoms. The van der Waals surface area contributed by atoms with E-state index in [-0.39, 0.29) is 0 Å². The highest BCUT2D eigenvalue weighted by molar-refractivity contribution is 7.25. The zero-order valence-electron chi connectivity index (χ0n) is 33.8. The lowest BCUT2D eigenvalue weighted by molar-refractivity contribution is 1.18. The molecule has 12 aromatic rings. The minimum Gasteiger partial charge on any atom is -0.310 e. The second-order valence-corrected chi connectivity index (χ2v) is 16.9. The predicted octanol–water partition coefficient (Wildman–Crippen LogP) is 16.9. The van der Waals surface area contributed by atoms with Gasteiger partial charge >= 0.3 is 0 Å². The van der Waals surface area contributed by atoms with E-state index < -0.39 is 0 Å². The maximum atomic E-state index is 2.39. The summed E-state index contributed by atoms with van der Waals surface area (Å²) in [6.45, 7) is 0. The van der Waals surface area contributed by atoms with E-state index in [9.17, 15) is 0 Å². The Kier molecular flexibility index (Phi) is 8.68. The van der Waals surface area contributed by atoms with Crippen LogP contribution < -0.4 is 9.80 Å². The standard InChI is InChI=1S/C58H39N3S/c1-3-13-40(14-4-1)42-23-26-45(27-24-42)59(49-34-36-58-54(38-49)53-20-10-12-22-57(53)62-58)46-29-31-47(32-30-46)60(48-28-25-41-15-7-8-16-43(41)37-48)50-33-35-52-51-19-9-11-21-55(51)61(56(52)39-50)44-17-5-2-6-18-44/h1-39H. The van der Waals surface area contributed by atoms with Crippen molar-refractivity contribution in [3.05, 3.63) is 237 Å². The Morgan fingerprint density at radius 1 is 0.290 bits per heavy atom. The first-order chi connectivity index (χ1) is 30.7. The fourth-order valence-electron chi connectivity index (χ4n) is 9.20. The van der Waals surface area contributed by atoms with Gasteiger partial charge in [0.25, 0.3) is 0 Å². The van der Waals surface area contributed by atoms with E-state index in [1.807, 2.05) is 11.3 Å². The van der Waals surface area contributed by atoms with Gasteiger partial charge in [0.1, 0.15) is 0 Å². The highest BCUT2D eigenvalue weighted by atomic mass is 32.1. The van der Waals surface area contributed by atoms with Crippen LogP contribution in [0.1, 0.15) is 0 Å². The molecule has 0 amide bonds. The molecule has 0 fully saturated rings. The Balaban J connectivity index is 1.02. The van der Waals surface area contributed by atoms with Crippen LogP contribution >= 0.6 is 11.3 Å². The molecule has 0 aliphatic carbocycles. The van der Waals surface area contributed by atoms with Crippen molar-refractivity contribution in [1.29, 1.82) is 0 Å². The first-order valence-electron chi connectivity index (χ1n) is 21.1. The van der Waals surface area contributed by atoms with Crippen LogP contribution in [0.5, 0.6) is 0 Å². The lowest BCUT2D eigenvalue weighted by Crippen LogP contribution is -2.12. The molecule has 0 aliphatic heterocycles. The second kappa shape index (κ2) is 15.0. The number of rotatable bonds is 8. The maximum absolute atomic E-state index is 2.39. The van der Waals surface area contributed by atoms with Crippen molar-refractivity contribution in [3.63, 3.8) is 0 Å². The van der Waals surface area contributed by atoms with Crippen molar-refractivity contribution in [3.8, 4) is 16.8 Å². The van der Waals surface area contributed by atoms with Crippen molar-refractivity contribution >= 4 is 98.2 Å². The molecule has 0 radical (unpaired) electrons. The predicted molar refractivity (Wildman–Crippen MR) is 266 cm³/mol. The van der Waals surface area contributed by atoms with E-state index in [2.05, 4.69) is 251 Å². The molecule has 0 saturated heterocycles. The molecule has 0 atom stereocenters. The second-order valence-electron chi connectivity index (χ2n) is 15.8. The van der Waals surface area contributed by atoms with Gasteiger partial charge in [-0.05, 0) is 125 Å². The van der Waals surface area contributed by atoms with Gasteiger partial charge in [0.2, 0.25) is 0 Å². The Hall–Kier alpha value is -7.92. The number of aromatic nitrogens is 1. The van der Waals surface area contributed by atoms with E-state index >= 15 is 0 Å². The highest BCUT2D eigenvalue weighted by Gasteiger charge is 2.20. The van der Waals surface area contributed by atoms with E-state index in [0.29, 0.717) is 0 Å². The smallest absolute Gasteiger partial charge is 0.0561 e. The van der Waals surface area contributed by atoms with Gasteiger partial charge in [0, 0.05) is 70.8 Å². The van der Waals surface area contributed by atoms with Gasteiger partial charge in [-0.1, -0.05) is 133 Å². The zero-order chi connectivity index (χ0) is 41.0. The van der Waals surface area contributed by atoms with E-state index in [0.717, 1.165) is 39.8 Å². The molecule has 0 unspecified atom stereocenters. The number of fused-ring (bicyclic) bond motifs is 7. The summed E-state index contributed by atoms with van der Waals surface area (Å²) in [6.07, 6.45) is 0. The van der Waals surface area contributed by atoms with Crippen LogP contribution in [0.2, 0.25) is 0 Å². The van der Waals surface area contributed by atoms with Gasteiger partial charge in [-0.15, -0.1) is 11.3 Å². The third kappa shape index (κ3) is 6.20. The first kappa shape index (κ1) is 36.0. The molecule has 12 rings (SSSR count). The number of hydrogen-bond donors (Lipinski definition) is 0. The maximum Gasteiger partial charge on any atom is 0.0561 e. The lowest BCUT2D eigenvalue weighted by Gasteiger charge is -2.29. The SMILES string of the molecule is c1ccc(-c2ccc(N(c3ccc(N(c4ccc5ccccc5c4)c4ccc5c6ccccc6n(-c6ccccc6)c5c4)cc3)c3ccc4sc5ccccc5c4c3)cc2)cc1. The van der Waals surface area contributed by atoms with Gasteiger partial charge in [0.05, 0.1) is 11.0 Å². The van der Waals surface area contributed by atoms with Crippen molar-refractivity contribution in [2.24, 2.45) is 0 Å². The van der Waals surface area contributed by atoms with Crippen molar-refractivity contribution in [2.45, 2.75) is 0 Å². The average Bonchev–Trinajstić information content (AvgIpc) is 3.88. The minimum absolute atomic E-state index is 1.07. The number of thiophene rings is 1. The average molecular weight is 810 g/mol. The number of para-hydroxylation sites is 2. The molecule has 0 aliphatic rings. The van der Waals surface area contributed by atoms with Gasteiger partial charge in [-0.2, -0.15) is 0 Å². The molecule has 0 spiro atoms. The van der Waals surface area contributed by atoms with Crippen LogP contribution in [0, 0.1) is 0 Å². The summed E-state index contributed by atoms with van der Waals surface area (Å²) in [5, 5.41) is 7.45. The Labute approximate surface area is 364 Å². The van der Waals surface area contributed by atoms with Gasteiger partial charge in [-0.25, -0.2) is 0 Å². The van der Waals surface area contributed by atoms with Crippen LogP contribution in [0.4, 0.5) is 34.1 Å². The molecule has 62 heavy (non-hydrogen) atoms. The molecule has 0 N–H and O–H groups in total. The van der Waals surface area contributed by atoms with E-state index in [4.69, 9.17) is 0 Å².